The largest absolute Gasteiger partial charge is 0.490 e. The molecule has 0 radical (unpaired) electrons. The van der Waals surface area contributed by atoms with Crippen LogP contribution in [0.3, 0.4) is 0 Å². The number of carbonyl (C=O) groups is 3. The molecule has 5 rings (SSSR count). The van der Waals surface area contributed by atoms with Crippen LogP contribution in [0.15, 0.2) is 30.7 Å². The van der Waals surface area contributed by atoms with Gasteiger partial charge in [-0.1, -0.05) is 0 Å². The average molecular weight is 593 g/mol. The summed E-state index contributed by atoms with van der Waals surface area (Å²) in [6, 6.07) is 3.47. The van der Waals surface area contributed by atoms with Crippen molar-refractivity contribution in [1.82, 2.24) is 25.0 Å². The number of rotatable bonds is 8. The molecule has 1 aromatic carbocycles. The SMILES string of the molecule is CC(C)Oc1cc2c(OC[C@@H]3CCC(=O)N3)ncc(-c3cnn(C4CCN(C(=O)OC(C)(C)C)CC4)c3)c2cc1C(N)=O. The van der Waals surface area contributed by atoms with Crippen molar-refractivity contribution in [3.8, 4) is 22.8 Å². The minimum atomic E-state index is -0.608. The van der Waals surface area contributed by atoms with E-state index in [1.54, 1.807) is 29.4 Å². The van der Waals surface area contributed by atoms with Crippen LogP contribution >= 0.6 is 0 Å². The van der Waals surface area contributed by atoms with Gasteiger partial charge in [-0.15, -0.1) is 0 Å². The van der Waals surface area contributed by atoms with E-state index in [0.717, 1.165) is 24.0 Å². The summed E-state index contributed by atoms with van der Waals surface area (Å²) in [6.45, 7) is 10.7. The molecule has 0 aliphatic carbocycles. The third-order valence-electron chi connectivity index (χ3n) is 7.49. The van der Waals surface area contributed by atoms with Gasteiger partial charge in [0.05, 0.1) is 29.9 Å². The quantitative estimate of drug-likeness (QED) is 0.395. The predicted octanol–water partition coefficient (Wildman–Crippen LogP) is 4.21. The minimum Gasteiger partial charge on any atom is -0.490 e. The van der Waals surface area contributed by atoms with Gasteiger partial charge < -0.3 is 30.2 Å². The molecular weight excluding hydrogens is 552 g/mol. The molecule has 3 aromatic rings. The Hall–Kier alpha value is -4.35. The van der Waals surface area contributed by atoms with Crippen molar-refractivity contribution < 1.29 is 28.6 Å². The number of likely N-dealkylation sites (tertiary alicyclic amines) is 1. The number of ether oxygens (including phenoxy) is 3. The summed E-state index contributed by atoms with van der Waals surface area (Å²) in [5.41, 5.74) is 7.06. The molecule has 0 spiro atoms. The number of piperidine rings is 1. The summed E-state index contributed by atoms with van der Waals surface area (Å²) in [5.74, 6) is 0.115. The van der Waals surface area contributed by atoms with Crippen LogP contribution in [0.25, 0.3) is 21.9 Å². The normalized spacial score (nSPS) is 17.8. The van der Waals surface area contributed by atoms with Gasteiger partial charge in [-0.25, -0.2) is 9.78 Å². The van der Waals surface area contributed by atoms with Crippen LogP contribution in [-0.2, 0) is 9.53 Å². The first-order chi connectivity index (χ1) is 20.4. The zero-order chi connectivity index (χ0) is 30.9. The van der Waals surface area contributed by atoms with Crippen molar-refractivity contribution in [2.75, 3.05) is 19.7 Å². The first-order valence-corrected chi connectivity index (χ1v) is 14.8. The standard InChI is InChI=1S/C31H40N6O6/c1-18(2)42-26-13-23-22(12-24(26)28(32)39)25(15-33-29(23)41-17-20-6-7-27(38)35-20)19-14-34-37(16-19)21-8-10-36(11-9-21)30(40)43-31(3,4)5/h12-16,18,20-21H,6-11,17H2,1-5H3,(H2,32,39)(H,35,38)/t20-/m0/s1. The molecule has 3 amide bonds. The molecule has 230 valence electrons. The van der Waals surface area contributed by atoms with Crippen LogP contribution in [0, 0.1) is 0 Å². The molecule has 0 saturated carbocycles. The molecule has 2 saturated heterocycles. The Morgan fingerprint density at radius 2 is 1.86 bits per heavy atom. The van der Waals surface area contributed by atoms with Crippen LogP contribution in [0.5, 0.6) is 11.6 Å². The van der Waals surface area contributed by atoms with E-state index in [-0.39, 0.29) is 42.4 Å². The second-order valence-corrected chi connectivity index (χ2v) is 12.4. The van der Waals surface area contributed by atoms with E-state index in [9.17, 15) is 14.4 Å². The number of hydrogen-bond acceptors (Lipinski definition) is 8. The summed E-state index contributed by atoms with van der Waals surface area (Å²) in [5, 5.41) is 8.92. The number of hydrogen-bond donors (Lipinski definition) is 2. The maximum absolute atomic E-state index is 12.5. The Labute approximate surface area is 250 Å². The summed E-state index contributed by atoms with van der Waals surface area (Å²) in [7, 11) is 0. The third-order valence-corrected chi connectivity index (χ3v) is 7.49. The van der Waals surface area contributed by atoms with Crippen LogP contribution in [0.2, 0.25) is 0 Å². The number of aromatic nitrogens is 3. The Kier molecular flexibility index (Phi) is 8.48. The highest BCUT2D eigenvalue weighted by Crippen LogP contribution is 2.38. The molecule has 12 heteroatoms. The van der Waals surface area contributed by atoms with Crippen molar-refractivity contribution in [3.63, 3.8) is 0 Å². The smallest absolute Gasteiger partial charge is 0.410 e. The summed E-state index contributed by atoms with van der Waals surface area (Å²) in [6.07, 6.45) is 7.59. The first kappa shape index (κ1) is 30.1. The van der Waals surface area contributed by atoms with Gasteiger partial charge in [-0.3, -0.25) is 14.3 Å². The molecule has 43 heavy (non-hydrogen) atoms. The van der Waals surface area contributed by atoms with Gasteiger partial charge in [0.15, 0.2) is 0 Å². The fourth-order valence-electron chi connectivity index (χ4n) is 5.43. The second-order valence-electron chi connectivity index (χ2n) is 12.4. The molecular formula is C31H40N6O6. The van der Waals surface area contributed by atoms with Crippen molar-refractivity contribution in [2.45, 2.75) is 84.1 Å². The highest BCUT2D eigenvalue weighted by atomic mass is 16.6. The highest BCUT2D eigenvalue weighted by Gasteiger charge is 2.28. The molecule has 2 aliphatic heterocycles. The molecule has 3 N–H and O–H groups in total. The molecule has 12 nitrogen and oxygen atoms in total. The number of carbonyl (C=O) groups excluding carboxylic acids is 3. The molecule has 2 aromatic heterocycles. The molecule has 0 bridgehead atoms. The maximum Gasteiger partial charge on any atom is 0.410 e. The number of nitrogens with zero attached hydrogens (tertiary/aromatic N) is 4. The zero-order valence-corrected chi connectivity index (χ0v) is 25.4. The lowest BCUT2D eigenvalue weighted by atomic mass is 9.99. The van der Waals surface area contributed by atoms with E-state index in [1.165, 1.54) is 0 Å². The average Bonchev–Trinajstić information content (AvgIpc) is 3.59. The third kappa shape index (κ3) is 7.00. The lowest BCUT2D eigenvalue weighted by molar-refractivity contribution is -0.119. The molecule has 2 fully saturated rings. The Morgan fingerprint density at radius 1 is 1.12 bits per heavy atom. The van der Waals surface area contributed by atoms with Gasteiger partial charge in [0.2, 0.25) is 11.8 Å². The highest BCUT2D eigenvalue weighted by molar-refractivity contribution is 6.06. The Bertz CT molecular complexity index is 1520. The van der Waals surface area contributed by atoms with Crippen LogP contribution < -0.4 is 20.5 Å². The van der Waals surface area contributed by atoms with E-state index in [0.29, 0.717) is 48.3 Å². The predicted molar refractivity (Wildman–Crippen MR) is 160 cm³/mol. The second kappa shape index (κ2) is 12.1. The number of pyridine rings is 1. The molecule has 4 heterocycles. The topological polar surface area (TPSA) is 151 Å². The van der Waals surface area contributed by atoms with Gasteiger partial charge in [-0.2, -0.15) is 5.10 Å². The summed E-state index contributed by atoms with van der Waals surface area (Å²) < 4.78 is 19.5. The summed E-state index contributed by atoms with van der Waals surface area (Å²) >= 11 is 0. The van der Waals surface area contributed by atoms with Crippen molar-refractivity contribution in [2.24, 2.45) is 5.73 Å². The number of nitrogens with one attached hydrogen (secondary N) is 1. The van der Waals surface area contributed by atoms with E-state index < -0.39 is 11.5 Å². The van der Waals surface area contributed by atoms with E-state index in [2.05, 4.69) is 15.4 Å². The van der Waals surface area contributed by atoms with Gasteiger partial charge >= 0.3 is 6.09 Å². The lowest BCUT2D eigenvalue weighted by Crippen LogP contribution is -2.42. The molecule has 1 atom stereocenters. The van der Waals surface area contributed by atoms with E-state index in [1.807, 2.05) is 45.5 Å². The fraction of sp³-hybridized carbons (Fsp3) is 0.516. The lowest BCUT2D eigenvalue weighted by Gasteiger charge is -2.33. The number of nitrogens with two attached hydrogens (primary N) is 1. The van der Waals surface area contributed by atoms with Crippen molar-refractivity contribution >= 4 is 28.7 Å². The Balaban J connectivity index is 1.43. The number of amides is 3. The first-order valence-electron chi connectivity index (χ1n) is 14.8. The number of benzene rings is 1. The molecule has 2 aliphatic rings. The minimum absolute atomic E-state index is 0.00742. The van der Waals surface area contributed by atoms with Crippen LogP contribution in [-0.4, -0.2) is 75.0 Å². The van der Waals surface area contributed by atoms with Gasteiger partial charge in [0.25, 0.3) is 5.91 Å². The number of fused-ring (bicyclic) bond motifs is 1. The van der Waals surface area contributed by atoms with E-state index >= 15 is 0 Å². The fourth-order valence-corrected chi connectivity index (χ4v) is 5.43. The van der Waals surface area contributed by atoms with Gasteiger partial charge in [0.1, 0.15) is 18.0 Å². The van der Waals surface area contributed by atoms with Gasteiger partial charge in [0, 0.05) is 48.4 Å². The van der Waals surface area contributed by atoms with Crippen LogP contribution in [0.4, 0.5) is 4.79 Å². The molecule has 0 unspecified atom stereocenters. The van der Waals surface area contributed by atoms with Crippen LogP contribution in [0.1, 0.15) is 76.7 Å². The Morgan fingerprint density at radius 3 is 2.49 bits per heavy atom. The van der Waals surface area contributed by atoms with E-state index in [4.69, 9.17) is 19.9 Å². The zero-order valence-electron chi connectivity index (χ0n) is 25.4. The van der Waals surface area contributed by atoms with Gasteiger partial charge in [-0.05, 0) is 71.4 Å². The summed E-state index contributed by atoms with van der Waals surface area (Å²) in [4.78, 5) is 43.0. The van der Waals surface area contributed by atoms with Crippen molar-refractivity contribution in [1.29, 1.82) is 0 Å². The monoisotopic (exact) mass is 592 g/mol. The maximum atomic E-state index is 12.5. The number of primary amides is 1. The van der Waals surface area contributed by atoms with Crippen molar-refractivity contribution in [3.05, 3.63) is 36.3 Å².